The highest BCUT2D eigenvalue weighted by Crippen LogP contribution is 2.33. The number of tetrazole rings is 1. The van der Waals surface area contributed by atoms with Crippen LogP contribution >= 0.6 is 27.5 Å². The summed E-state index contributed by atoms with van der Waals surface area (Å²) in [5, 5.41) is 13.3. The number of methoxy groups -OCH3 is 2. The first-order valence-electron chi connectivity index (χ1n) is 7.05. The van der Waals surface area contributed by atoms with Crippen LogP contribution in [0.2, 0.25) is 5.02 Å². The molecule has 0 unspecified atom stereocenters. The largest absolute Gasteiger partial charge is 0.493 e. The molecule has 0 aliphatic carbocycles. The van der Waals surface area contributed by atoms with E-state index < -0.39 is 0 Å². The van der Waals surface area contributed by atoms with Gasteiger partial charge in [-0.2, -0.15) is 4.80 Å². The number of nitrogens with zero attached hydrogens (tertiary/aromatic N) is 4. The van der Waals surface area contributed by atoms with E-state index in [2.05, 4.69) is 31.3 Å². The average Bonchev–Trinajstić information content (AvgIpc) is 3.05. The van der Waals surface area contributed by atoms with Gasteiger partial charge >= 0.3 is 0 Å². The maximum atomic E-state index is 5.89. The summed E-state index contributed by atoms with van der Waals surface area (Å²) in [6.45, 7) is 0.446. The SMILES string of the molecule is COc1cc(Br)c(Cn2nnc(-c3ccc(Cl)cc3)n2)cc1OC. The third-order valence-electron chi connectivity index (χ3n) is 3.42. The van der Waals surface area contributed by atoms with Crippen LogP contribution in [0, 0.1) is 0 Å². The van der Waals surface area contributed by atoms with Crippen LogP contribution in [-0.2, 0) is 6.54 Å². The van der Waals surface area contributed by atoms with E-state index in [4.69, 9.17) is 21.1 Å². The van der Waals surface area contributed by atoms with Crippen molar-refractivity contribution in [1.82, 2.24) is 20.2 Å². The van der Waals surface area contributed by atoms with Crippen molar-refractivity contribution >= 4 is 27.5 Å². The van der Waals surface area contributed by atoms with Crippen LogP contribution in [0.15, 0.2) is 40.9 Å². The van der Waals surface area contributed by atoms with Gasteiger partial charge in [0.2, 0.25) is 5.82 Å². The minimum absolute atomic E-state index is 0.446. The molecule has 3 rings (SSSR count). The van der Waals surface area contributed by atoms with Crippen molar-refractivity contribution in [2.45, 2.75) is 6.54 Å². The van der Waals surface area contributed by atoms with Crippen LogP contribution < -0.4 is 9.47 Å². The number of hydrogen-bond donors (Lipinski definition) is 0. The van der Waals surface area contributed by atoms with Gasteiger partial charge in [-0.3, -0.25) is 0 Å². The molecule has 124 valence electrons. The van der Waals surface area contributed by atoms with E-state index >= 15 is 0 Å². The number of ether oxygens (including phenoxy) is 2. The van der Waals surface area contributed by atoms with E-state index in [1.165, 1.54) is 4.80 Å². The van der Waals surface area contributed by atoms with E-state index in [9.17, 15) is 0 Å². The van der Waals surface area contributed by atoms with E-state index in [0.717, 1.165) is 15.6 Å². The van der Waals surface area contributed by atoms with Gasteiger partial charge in [0.1, 0.15) is 0 Å². The molecule has 1 aromatic heterocycles. The van der Waals surface area contributed by atoms with Gasteiger partial charge in [-0.25, -0.2) is 0 Å². The molecular formula is C16H14BrClN4O2. The molecule has 0 aliphatic rings. The molecule has 3 aromatic rings. The maximum Gasteiger partial charge on any atom is 0.204 e. The molecule has 0 atom stereocenters. The molecule has 0 N–H and O–H groups in total. The number of rotatable bonds is 5. The third-order valence-corrected chi connectivity index (χ3v) is 4.41. The van der Waals surface area contributed by atoms with Crippen LogP contribution in [0.1, 0.15) is 5.56 Å². The summed E-state index contributed by atoms with van der Waals surface area (Å²) in [5.74, 6) is 1.85. The first kappa shape index (κ1) is 16.7. The molecule has 0 spiro atoms. The Balaban J connectivity index is 1.86. The predicted molar refractivity (Wildman–Crippen MR) is 94.6 cm³/mol. The minimum atomic E-state index is 0.446. The van der Waals surface area contributed by atoms with E-state index in [1.807, 2.05) is 24.3 Å². The number of hydrogen-bond acceptors (Lipinski definition) is 5. The summed E-state index contributed by atoms with van der Waals surface area (Å²) >= 11 is 9.42. The molecule has 24 heavy (non-hydrogen) atoms. The minimum Gasteiger partial charge on any atom is -0.493 e. The topological polar surface area (TPSA) is 62.1 Å². The molecule has 0 aliphatic heterocycles. The van der Waals surface area contributed by atoms with Crippen molar-refractivity contribution in [3.05, 3.63) is 51.5 Å². The predicted octanol–water partition coefficient (Wildman–Crippen LogP) is 3.82. The van der Waals surface area contributed by atoms with Crippen molar-refractivity contribution in [1.29, 1.82) is 0 Å². The molecule has 0 fully saturated rings. The Morgan fingerprint density at radius 2 is 1.75 bits per heavy atom. The zero-order chi connectivity index (χ0) is 17.1. The Kier molecular flexibility index (Phi) is 5.01. The molecule has 0 bridgehead atoms. The van der Waals surface area contributed by atoms with Gasteiger partial charge in [0.25, 0.3) is 0 Å². The highest BCUT2D eigenvalue weighted by atomic mass is 79.9. The lowest BCUT2D eigenvalue weighted by Crippen LogP contribution is -2.05. The molecular weight excluding hydrogens is 396 g/mol. The van der Waals surface area contributed by atoms with Crippen LogP contribution in [0.5, 0.6) is 11.5 Å². The highest BCUT2D eigenvalue weighted by molar-refractivity contribution is 9.10. The fourth-order valence-electron chi connectivity index (χ4n) is 2.19. The molecule has 0 saturated heterocycles. The quantitative estimate of drug-likeness (QED) is 0.641. The molecule has 6 nitrogen and oxygen atoms in total. The van der Waals surface area contributed by atoms with Crippen molar-refractivity contribution in [2.75, 3.05) is 14.2 Å². The summed E-state index contributed by atoms with van der Waals surface area (Å²) in [6, 6.07) is 11.0. The van der Waals surface area contributed by atoms with E-state index in [-0.39, 0.29) is 0 Å². The molecule has 0 amide bonds. The fraction of sp³-hybridized carbons (Fsp3) is 0.188. The van der Waals surface area contributed by atoms with Crippen LogP contribution in [0.4, 0.5) is 0 Å². The second kappa shape index (κ2) is 7.19. The third kappa shape index (κ3) is 3.52. The lowest BCUT2D eigenvalue weighted by atomic mass is 10.2. The average molecular weight is 410 g/mol. The Hall–Kier alpha value is -2.12. The Bertz CT molecular complexity index is 852. The van der Waals surface area contributed by atoms with Crippen molar-refractivity contribution in [3.8, 4) is 22.9 Å². The summed E-state index contributed by atoms with van der Waals surface area (Å²) < 4.78 is 11.5. The second-order valence-corrected chi connectivity index (χ2v) is 6.24. The van der Waals surface area contributed by atoms with Gasteiger partial charge in [-0.05, 0) is 47.2 Å². The van der Waals surface area contributed by atoms with Gasteiger partial charge in [0.15, 0.2) is 11.5 Å². The lowest BCUT2D eigenvalue weighted by molar-refractivity contribution is 0.354. The van der Waals surface area contributed by atoms with Crippen LogP contribution in [0.25, 0.3) is 11.4 Å². The lowest BCUT2D eigenvalue weighted by Gasteiger charge is -2.11. The smallest absolute Gasteiger partial charge is 0.204 e. The van der Waals surface area contributed by atoms with Gasteiger partial charge in [0.05, 0.1) is 20.8 Å². The Morgan fingerprint density at radius 3 is 2.42 bits per heavy atom. The van der Waals surface area contributed by atoms with Crippen LogP contribution in [0.3, 0.4) is 0 Å². The van der Waals surface area contributed by atoms with Crippen molar-refractivity contribution in [3.63, 3.8) is 0 Å². The Morgan fingerprint density at radius 1 is 1.08 bits per heavy atom. The molecule has 2 aromatic carbocycles. The molecule has 0 radical (unpaired) electrons. The first-order valence-corrected chi connectivity index (χ1v) is 8.22. The standard InChI is InChI=1S/C16H14BrClN4O2/c1-23-14-7-11(13(17)8-15(14)24-2)9-22-20-16(19-21-22)10-3-5-12(18)6-4-10/h3-8H,9H2,1-2H3. The number of benzene rings is 2. The zero-order valence-electron chi connectivity index (χ0n) is 13.0. The Labute approximate surface area is 152 Å². The van der Waals surface area contributed by atoms with Gasteiger partial charge in [0, 0.05) is 15.1 Å². The monoisotopic (exact) mass is 408 g/mol. The molecule has 1 heterocycles. The normalized spacial score (nSPS) is 10.7. The van der Waals surface area contributed by atoms with E-state index in [0.29, 0.717) is 28.9 Å². The summed E-state index contributed by atoms with van der Waals surface area (Å²) in [5.41, 5.74) is 1.81. The maximum absolute atomic E-state index is 5.89. The van der Waals surface area contributed by atoms with E-state index in [1.54, 1.807) is 26.4 Å². The summed E-state index contributed by atoms with van der Waals surface area (Å²) in [4.78, 5) is 1.52. The summed E-state index contributed by atoms with van der Waals surface area (Å²) in [6.07, 6.45) is 0. The van der Waals surface area contributed by atoms with Gasteiger partial charge < -0.3 is 9.47 Å². The molecule has 8 heteroatoms. The second-order valence-electron chi connectivity index (χ2n) is 4.95. The zero-order valence-corrected chi connectivity index (χ0v) is 15.4. The van der Waals surface area contributed by atoms with Crippen molar-refractivity contribution < 1.29 is 9.47 Å². The first-order chi connectivity index (χ1) is 11.6. The van der Waals surface area contributed by atoms with Crippen LogP contribution in [-0.4, -0.2) is 34.4 Å². The van der Waals surface area contributed by atoms with Gasteiger partial charge in [-0.1, -0.05) is 27.5 Å². The number of halogens is 2. The van der Waals surface area contributed by atoms with Gasteiger partial charge in [-0.15, -0.1) is 10.2 Å². The number of aromatic nitrogens is 4. The fourth-order valence-corrected chi connectivity index (χ4v) is 2.77. The highest BCUT2D eigenvalue weighted by Gasteiger charge is 2.12. The summed E-state index contributed by atoms with van der Waals surface area (Å²) in [7, 11) is 3.20. The molecule has 0 saturated carbocycles. The van der Waals surface area contributed by atoms with Crippen molar-refractivity contribution in [2.24, 2.45) is 0 Å².